The van der Waals surface area contributed by atoms with Crippen LogP contribution in [0.5, 0.6) is 0 Å². The van der Waals surface area contributed by atoms with Gasteiger partial charge in [-0.05, 0) is 38.9 Å². The highest BCUT2D eigenvalue weighted by Crippen LogP contribution is 2.29. The molecule has 1 unspecified atom stereocenters. The van der Waals surface area contributed by atoms with E-state index in [1.807, 2.05) is 36.7 Å². The van der Waals surface area contributed by atoms with Gasteiger partial charge in [0.15, 0.2) is 0 Å². The van der Waals surface area contributed by atoms with Crippen molar-refractivity contribution in [2.24, 2.45) is 13.0 Å². The van der Waals surface area contributed by atoms with E-state index in [1.165, 1.54) is 0 Å². The number of hydrogen-bond donors (Lipinski definition) is 1. The van der Waals surface area contributed by atoms with Crippen LogP contribution in [0.1, 0.15) is 21.8 Å². The van der Waals surface area contributed by atoms with Crippen molar-refractivity contribution in [1.29, 1.82) is 0 Å². The van der Waals surface area contributed by atoms with Gasteiger partial charge in [-0.3, -0.25) is 9.48 Å². The molecule has 1 aliphatic rings. The molecular formula is C14H20N4OS. The van der Waals surface area contributed by atoms with Crippen LogP contribution in [0.4, 0.5) is 0 Å². The molecule has 1 fully saturated rings. The van der Waals surface area contributed by atoms with Crippen molar-refractivity contribution >= 4 is 27.5 Å². The standard InChI is InChI=1S/C14H20N4OS/c1-9-11-6-12(20-14(11)17(3)16-9)13(19)18-5-4-10(8-18)7-15-2/h6,10,15H,4-5,7-8H2,1-3H3. The highest BCUT2D eigenvalue weighted by molar-refractivity contribution is 7.20. The Balaban J connectivity index is 1.81. The summed E-state index contributed by atoms with van der Waals surface area (Å²) in [6.45, 7) is 4.71. The third-order valence-electron chi connectivity index (χ3n) is 3.97. The Morgan fingerprint density at radius 2 is 2.40 bits per heavy atom. The Bertz CT molecular complexity index is 610. The van der Waals surface area contributed by atoms with Crippen molar-refractivity contribution in [1.82, 2.24) is 20.0 Å². The number of aromatic nitrogens is 2. The lowest BCUT2D eigenvalue weighted by atomic mass is 10.1. The van der Waals surface area contributed by atoms with E-state index >= 15 is 0 Å². The summed E-state index contributed by atoms with van der Waals surface area (Å²) < 4.78 is 1.86. The van der Waals surface area contributed by atoms with E-state index in [2.05, 4.69) is 10.4 Å². The van der Waals surface area contributed by atoms with Crippen molar-refractivity contribution in [2.75, 3.05) is 26.7 Å². The van der Waals surface area contributed by atoms with Crippen LogP contribution in [0.25, 0.3) is 10.2 Å². The number of hydrogen-bond acceptors (Lipinski definition) is 4. The second-order valence-electron chi connectivity index (χ2n) is 5.50. The molecule has 1 aliphatic heterocycles. The fourth-order valence-corrected chi connectivity index (χ4v) is 4.03. The molecule has 0 spiro atoms. The smallest absolute Gasteiger partial charge is 0.264 e. The number of aryl methyl sites for hydroxylation is 2. The molecule has 20 heavy (non-hydrogen) atoms. The fourth-order valence-electron chi connectivity index (χ4n) is 2.94. The SMILES string of the molecule is CNCC1CCN(C(=O)c2cc3c(C)nn(C)c3s2)C1. The Morgan fingerprint density at radius 1 is 1.60 bits per heavy atom. The van der Waals surface area contributed by atoms with Gasteiger partial charge in [-0.1, -0.05) is 0 Å². The predicted octanol–water partition coefficient (Wildman–Crippen LogP) is 1.62. The minimum Gasteiger partial charge on any atom is -0.338 e. The molecule has 0 saturated carbocycles. The molecule has 0 bridgehead atoms. The minimum absolute atomic E-state index is 0.171. The summed E-state index contributed by atoms with van der Waals surface area (Å²) in [5.41, 5.74) is 0.993. The first kappa shape index (κ1) is 13.6. The molecule has 3 heterocycles. The van der Waals surface area contributed by atoms with Crippen LogP contribution in [-0.2, 0) is 7.05 Å². The monoisotopic (exact) mass is 292 g/mol. The fraction of sp³-hybridized carbons (Fsp3) is 0.571. The summed E-state index contributed by atoms with van der Waals surface area (Å²) in [6, 6.07) is 2.00. The molecule has 6 heteroatoms. The van der Waals surface area contributed by atoms with Crippen molar-refractivity contribution in [3.63, 3.8) is 0 Å². The van der Waals surface area contributed by atoms with Gasteiger partial charge in [-0.2, -0.15) is 5.10 Å². The van der Waals surface area contributed by atoms with Gasteiger partial charge in [0.2, 0.25) is 0 Å². The molecule has 108 valence electrons. The van der Waals surface area contributed by atoms with E-state index in [1.54, 1.807) is 11.3 Å². The Hall–Kier alpha value is -1.40. The van der Waals surface area contributed by atoms with Crippen LogP contribution >= 0.6 is 11.3 Å². The molecule has 0 aromatic carbocycles. The van der Waals surface area contributed by atoms with E-state index in [0.717, 1.165) is 46.8 Å². The van der Waals surface area contributed by atoms with E-state index < -0.39 is 0 Å². The van der Waals surface area contributed by atoms with Gasteiger partial charge in [0.1, 0.15) is 4.83 Å². The largest absolute Gasteiger partial charge is 0.338 e. The number of nitrogens with zero attached hydrogens (tertiary/aromatic N) is 3. The number of rotatable bonds is 3. The van der Waals surface area contributed by atoms with Crippen molar-refractivity contribution in [3.8, 4) is 0 Å². The molecule has 2 aromatic heterocycles. The quantitative estimate of drug-likeness (QED) is 0.935. The van der Waals surface area contributed by atoms with Gasteiger partial charge >= 0.3 is 0 Å². The van der Waals surface area contributed by atoms with Gasteiger partial charge in [-0.15, -0.1) is 11.3 Å². The molecule has 1 amide bonds. The molecular weight excluding hydrogens is 272 g/mol. The highest BCUT2D eigenvalue weighted by atomic mass is 32.1. The van der Waals surface area contributed by atoms with E-state index in [0.29, 0.717) is 5.92 Å². The van der Waals surface area contributed by atoms with Crippen molar-refractivity contribution in [2.45, 2.75) is 13.3 Å². The third kappa shape index (κ3) is 2.23. The number of thiophene rings is 1. The summed E-state index contributed by atoms with van der Waals surface area (Å²) in [5, 5.41) is 8.68. The summed E-state index contributed by atoms with van der Waals surface area (Å²) in [5.74, 6) is 0.755. The van der Waals surface area contributed by atoms with Gasteiger partial charge in [0.05, 0.1) is 10.6 Å². The van der Waals surface area contributed by atoms with Crippen LogP contribution in [0.2, 0.25) is 0 Å². The van der Waals surface area contributed by atoms with Crippen LogP contribution in [0, 0.1) is 12.8 Å². The third-order valence-corrected chi connectivity index (χ3v) is 5.16. The van der Waals surface area contributed by atoms with E-state index in [-0.39, 0.29) is 5.91 Å². The number of likely N-dealkylation sites (tertiary alicyclic amines) is 1. The average molecular weight is 292 g/mol. The van der Waals surface area contributed by atoms with Crippen LogP contribution in [0.3, 0.4) is 0 Å². The summed E-state index contributed by atoms with van der Waals surface area (Å²) >= 11 is 1.55. The number of nitrogens with one attached hydrogen (secondary N) is 1. The van der Waals surface area contributed by atoms with Crippen LogP contribution in [-0.4, -0.2) is 47.3 Å². The lowest BCUT2D eigenvalue weighted by Gasteiger charge is -2.15. The van der Waals surface area contributed by atoms with Gasteiger partial charge < -0.3 is 10.2 Å². The topological polar surface area (TPSA) is 50.2 Å². The van der Waals surface area contributed by atoms with Crippen molar-refractivity contribution < 1.29 is 4.79 Å². The number of carbonyl (C=O) groups excluding carboxylic acids is 1. The lowest BCUT2D eigenvalue weighted by molar-refractivity contribution is 0.0792. The summed E-state index contributed by atoms with van der Waals surface area (Å²) in [7, 11) is 3.89. The second-order valence-corrected chi connectivity index (χ2v) is 6.53. The number of carbonyl (C=O) groups is 1. The first-order valence-corrected chi connectivity index (χ1v) is 7.79. The van der Waals surface area contributed by atoms with Gasteiger partial charge in [0, 0.05) is 25.5 Å². The minimum atomic E-state index is 0.171. The maximum Gasteiger partial charge on any atom is 0.264 e. The predicted molar refractivity (Wildman–Crippen MR) is 81.3 cm³/mol. The molecule has 5 nitrogen and oxygen atoms in total. The maximum atomic E-state index is 12.6. The molecule has 1 saturated heterocycles. The van der Waals surface area contributed by atoms with E-state index in [4.69, 9.17) is 0 Å². The molecule has 0 aliphatic carbocycles. The molecule has 0 radical (unpaired) electrons. The van der Waals surface area contributed by atoms with Crippen LogP contribution < -0.4 is 5.32 Å². The Kier molecular flexibility index (Phi) is 3.52. The van der Waals surface area contributed by atoms with Gasteiger partial charge in [-0.25, -0.2) is 0 Å². The first-order chi connectivity index (χ1) is 9.60. The summed E-state index contributed by atoms with van der Waals surface area (Å²) in [4.78, 5) is 16.5. The molecule has 1 N–H and O–H groups in total. The first-order valence-electron chi connectivity index (χ1n) is 6.97. The molecule has 2 aromatic rings. The maximum absolute atomic E-state index is 12.6. The van der Waals surface area contributed by atoms with Crippen LogP contribution in [0.15, 0.2) is 6.07 Å². The zero-order valence-electron chi connectivity index (χ0n) is 12.1. The van der Waals surface area contributed by atoms with E-state index in [9.17, 15) is 4.79 Å². The number of fused-ring (bicyclic) bond motifs is 1. The lowest BCUT2D eigenvalue weighted by Crippen LogP contribution is -2.29. The van der Waals surface area contributed by atoms with Gasteiger partial charge in [0.25, 0.3) is 5.91 Å². The zero-order valence-corrected chi connectivity index (χ0v) is 13.0. The normalized spacial score (nSPS) is 19.1. The molecule has 3 rings (SSSR count). The van der Waals surface area contributed by atoms with Crippen molar-refractivity contribution in [3.05, 3.63) is 16.6 Å². The number of amides is 1. The molecule has 1 atom stereocenters. The zero-order chi connectivity index (χ0) is 14.3. The second kappa shape index (κ2) is 5.18. The highest BCUT2D eigenvalue weighted by Gasteiger charge is 2.28. The summed E-state index contributed by atoms with van der Waals surface area (Å²) in [6.07, 6.45) is 1.10. The average Bonchev–Trinajstić information content (AvgIpc) is 3.09. The Morgan fingerprint density at radius 3 is 3.10 bits per heavy atom. The Labute approximate surface area is 122 Å².